The van der Waals surface area contributed by atoms with Crippen molar-refractivity contribution in [3.63, 3.8) is 0 Å². The van der Waals surface area contributed by atoms with Crippen molar-refractivity contribution in [1.29, 1.82) is 0 Å². The molecular formula is C29H22F2N4O4S. The molecule has 1 aliphatic rings. The van der Waals surface area contributed by atoms with E-state index in [0.717, 1.165) is 17.3 Å². The molecular weight excluding hydrogens is 538 g/mol. The van der Waals surface area contributed by atoms with E-state index in [1.165, 1.54) is 24.5 Å². The number of imidazole rings is 1. The normalized spacial score (nSPS) is 16.8. The number of amides is 2. The standard InChI is InChI=1S/C29H22F2N4O4S/c1-29(38,17-6-2-4-15(10-17)11-22-27(36)35-28(37)40-22)23-14-33-26(34-23)16-5-3-7-18(12-16)39-25-20(30)13-21-19(24(25)31)8-9-32-21/h2-10,12-14,22,32,38H,11H2,1H3,(H,33,34)(H,35,36,37). The zero-order valence-corrected chi connectivity index (χ0v) is 21.8. The van der Waals surface area contributed by atoms with Crippen molar-refractivity contribution >= 4 is 33.8 Å². The summed E-state index contributed by atoms with van der Waals surface area (Å²) < 4.78 is 35.1. The number of nitrogens with one attached hydrogen (secondary N) is 3. The highest BCUT2D eigenvalue weighted by Crippen LogP contribution is 2.35. The highest BCUT2D eigenvalue weighted by Gasteiger charge is 2.33. The summed E-state index contributed by atoms with van der Waals surface area (Å²) in [4.78, 5) is 33.8. The average Bonchev–Trinajstić information content (AvgIpc) is 3.68. The van der Waals surface area contributed by atoms with Crippen molar-refractivity contribution in [3.05, 3.63) is 102 Å². The van der Waals surface area contributed by atoms with Gasteiger partial charge in [0.1, 0.15) is 17.2 Å². The van der Waals surface area contributed by atoms with Gasteiger partial charge in [-0.3, -0.25) is 14.9 Å². The molecule has 0 saturated carbocycles. The van der Waals surface area contributed by atoms with Crippen LogP contribution < -0.4 is 10.1 Å². The molecule has 0 aliphatic carbocycles. The number of ether oxygens (including phenoxy) is 1. The summed E-state index contributed by atoms with van der Waals surface area (Å²) >= 11 is 0.951. The van der Waals surface area contributed by atoms with Gasteiger partial charge in [-0.25, -0.2) is 13.8 Å². The molecule has 0 radical (unpaired) electrons. The van der Waals surface area contributed by atoms with Crippen LogP contribution in [0.15, 0.2) is 73.1 Å². The van der Waals surface area contributed by atoms with Crippen molar-refractivity contribution < 1.29 is 28.2 Å². The Bertz CT molecular complexity index is 1780. The highest BCUT2D eigenvalue weighted by molar-refractivity contribution is 8.15. The van der Waals surface area contributed by atoms with E-state index in [0.29, 0.717) is 34.6 Å². The number of carbonyl (C=O) groups excluding carboxylic acids is 2. The minimum Gasteiger partial charge on any atom is -0.451 e. The first-order valence-electron chi connectivity index (χ1n) is 12.3. The minimum atomic E-state index is -1.46. The number of fused-ring (bicyclic) bond motifs is 1. The third-order valence-corrected chi connectivity index (χ3v) is 7.79. The van der Waals surface area contributed by atoms with Gasteiger partial charge in [0.25, 0.3) is 5.24 Å². The van der Waals surface area contributed by atoms with E-state index in [-0.39, 0.29) is 22.3 Å². The lowest BCUT2D eigenvalue weighted by molar-refractivity contribution is -0.118. The lowest BCUT2D eigenvalue weighted by Crippen LogP contribution is -2.26. The van der Waals surface area contributed by atoms with Crippen LogP contribution in [0.5, 0.6) is 11.5 Å². The summed E-state index contributed by atoms with van der Waals surface area (Å²) in [7, 11) is 0. The summed E-state index contributed by atoms with van der Waals surface area (Å²) in [5, 5.41) is 13.1. The molecule has 40 heavy (non-hydrogen) atoms. The van der Waals surface area contributed by atoms with Gasteiger partial charge in [0.05, 0.1) is 22.7 Å². The van der Waals surface area contributed by atoms with Crippen LogP contribution in [0.4, 0.5) is 13.6 Å². The minimum absolute atomic E-state index is 0.204. The van der Waals surface area contributed by atoms with E-state index in [1.54, 1.807) is 49.4 Å². The predicted molar refractivity (Wildman–Crippen MR) is 146 cm³/mol. The molecule has 3 aromatic carbocycles. The second kappa shape index (κ2) is 9.92. The molecule has 2 unspecified atom stereocenters. The Balaban J connectivity index is 1.24. The van der Waals surface area contributed by atoms with Crippen LogP contribution in [0.3, 0.4) is 0 Å². The number of benzene rings is 3. The molecule has 2 amide bonds. The van der Waals surface area contributed by atoms with E-state index in [4.69, 9.17) is 4.74 Å². The highest BCUT2D eigenvalue weighted by atomic mass is 32.2. The maximum Gasteiger partial charge on any atom is 0.286 e. The smallest absolute Gasteiger partial charge is 0.286 e. The van der Waals surface area contributed by atoms with Gasteiger partial charge in [-0.2, -0.15) is 0 Å². The Morgan fingerprint density at radius 1 is 1.10 bits per heavy atom. The van der Waals surface area contributed by atoms with Gasteiger partial charge in [0.2, 0.25) is 5.91 Å². The number of H-pyrrole nitrogens is 2. The monoisotopic (exact) mass is 560 g/mol. The molecule has 2 atom stereocenters. The van der Waals surface area contributed by atoms with Gasteiger partial charge in [-0.05, 0) is 42.7 Å². The Kier molecular flexibility index (Phi) is 6.40. The molecule has 0 spiro atoms. The van der Waals surface area contributed by atoms with Gasteiger partial charge in [-0.1, -0.05) is 48.2 Å². The zero-order valence-electron chi connectivity index (χ0n) is 21.0. The first-order chi connectivity index (χ1) is 19.2. The summed E-state index contributed by atoms with van der Waals surface area (Å²) in [6.45, 7) is 1.62. The van der Waals surface area contributed by atoms with Crippen LogP contribution in [-0.2, 0) is 16.8 Å². The molecule has 11 heteroatoms. The quantitative estimate of drug-likeness (QED) is 0.200. The van der Waals surface area contributed by atoms with Crippen molar-refractivity contribution in [1.82, 2.24) is 20.3 Å². The first kappa shape index (κ1) is 25.8. The van der Waals surface area contributed by atoms with Gasteiger partial charge >= 0.3 is 0 Å². The van der Waals surface area contributed by atoms with Crippen molar-refractivity contribution in [2.45, 2.75) is 24.2 Å². The number of hydrogen-bond donors (Lipinski definition) is 4. The first-order valence-corrected chi connectivity index (χ1v) is 13.2. The average molecular weight is 561 g/mol. The molecule has 8 nitrogen and oxygen atoms in total. The van der Waals surface area contributed by atoms with E-state index >= 15 is 0 Å². The molecule has 1 fully saturated rings. The number of halogens is 2. The predicted octanol–water partition coefficient (Wildman–Crippen LogP) is 5.78. The molecule has 6 rings (SSSR count). The molecule has 4 N–H and O–H groups in total. The zero-order chi connectivity index (χ0) is 28.0. The SMILES string of the molecule is CC(O)(c1cccc(CC2SC(=O)NC2=O)c1)c1cnc(-c2cccc(Oc3c(F)cc4[nH]ccc4c3F)c2)[nH]1. The third-order valence-electron chi connectivity index (χ3n) is 6.81. The Labute approximate surface area is 230 Å². The van der Waals surface area contributed by atoms with Crippen molar-refractivity contribution in [2.75, 3.05) is 0 Å². The maximum absolute atomic E-state index is 14.9. The molecule has 0 bridgehead atoms. The van der Waals surface area contributed by atoms with Crippen LogP contribution in [0.2, 0.25) is 0 Å². The Morgan fingerprint density at radius 3 is 2.73 bits per heavy atom. The molecule has 1 saturated heterocycles. The fraction of sp³-hybridized carbons (Fsp3) is 0.138. The molecule has 3 heterocycles. The number of carbonyl (C=O) groups is 2. The van der Waals surface area contributed by atoms with Gasteiger partial charge in [-0.15, -0.1) is 0 Å². The van der Waals surface area contributed by atoms with Crippen LogP contribution in [0, 0.1) is 11.6 Å². The molecule has 2 aromatic heterocycles. The van der Waals surface area contributed by atoms with Gasteiger partial charge in [0.15, 0.2) is 17.4 Å². The van der Waals surface area contributed by atoms with Gasteiger partial charge in [0, 0.05) is 23.2 Å². The maximum atomic E-state index is 14.9. The summed E-state index contributed by atoms with van der Waals surface area (Å²) in [6, 6.07) is 16.4. The van der Waals surface area contributed by atoms with E-state index in [2.05, 4.69) is 20.3 Å². The lowest BCUT2D eigenvalue weighted by atomic mass is 9.91. The van der Waals surface area contributed by atoms with Crippen LogP contribution >= 0.6 is 11.8 Å². The van der Waals surface area contributed by atoms with Crippen LogP contribution in [0.1, 0.15) is 23.7 Å². The van der Waals surface area contributed by atoms with Crippen molar-refractivity contribution in [2.24, 2.45) is 0 Å². The second-order valence-corrected chi connectivity index (χ2v) is 10.8. The second-order valence-electron chi connectivity index (χ2n) is 9.58. The number of rotatable bonds is 7. The Morgan fingerprint density at radius 2 is 1.93 bits per heavy atom. The number of aliphatic hydroxyl groups is 1. The van der Waals surface area contributed by atoms with E-state index in [1.807, 2.05) is 6.07 Å². The fourth-order valence-electron chi connectivity index (χ4n) is 4.64. The van der Waals surface area contributed by atoms with Gasteiger partial charge < -0.3 is 19.8 Å². The van der Waals surface area contributed by atoms with Crippen LogP contribution in [0.25, 0.3) is 22.3 Å². The lowest BCUT2D eigenvalue weighted by Gasteiger charge is -2.23. The van der Waals surface area contributed by atoms with E-state index in [9.17, 15) is 23.5 Å². The molecule has 1 aliphatic heterocycles. The van der Waals surface area contributed by atoms with E-state index < -0.39 is 28.2 Å². The Hall–Kier alpha value is -4.48. The topological polar surface area (TPSA) is 120 Å². The summed E-state index contributed by atoms with van der Waals surface area (Å²) in [5.74, 6) is -1.86. The number of aromatic nitrogens is 3. The summed E-state index contributed by atoms with van der Waals surface area (Å²) in [5.41, 5.74) is 1.21. The number of thioether (sulfide) groups is 1. The number of nitrogens with zero attached hydrogens (tertiary/aromatic N) is 1. The number of imide groups is 1. The number of hydrogen-bond acceptors (Lipinski definition) is 6. The molecule has 5 aromatic rings. The summed E-state index contributed by atoms with van der Waals surface area (Å²) in [6.07, 6.45) is 3.37. The largest absolute Gasteiger partial charge is 0.451 e. The number of aromatic amines is 2. The van der Waals surface area contributed by atoms with Crippen molar-refractivity contribution in [3.8, 4) is 22.9 Å². The van der Waals surface area contributed by atoms with Crippen LogP contribution in [-0.4, -0.2) is 36.5 Å². The fourth-order valence-corrected chi connectivity index (χ4v) is 5.50. The third kappa shape index (κ3) is 4.74. The molecule has 202 valence electrons.